The molecule has 1 saturated heterocycles. The molecule has 0 aliphatic carbocycles. The van der Waals surface area contributed by atoms with Gasteiger partial charge in [-0.15, -0.1) is 0 Å². The summed E-state index contributed by atoms with van der Waals surface area (Å²) < 4.78 is 18.5. The molecule has 8 heteroatoms. The molecule has 1 aliphatic rings. The number of carbonyl (C=O) groups is 3. The van der Waals surface area contributed by atoms with Crippen LogP contribution in [0.3, 0.4) is 0 Å². The van der Waals surface area contributed by atoms with Crippen molar-refractivity contribution in [1.29, 1.82) is 0 Å². The number of imide groups is 1. The second kappa shape index (κ2) is 9.04. The van der Waals surface area contributed by atoms with E-state index in [4.69, 9.17) is 4.74 Å². The van der Waals surface area contributed by atoms with E-state index in [1.54, 1.807) is 0 Å². The summed E-state index contributed by atoms with van der Waals surface area (Å²) in [7, 11) is 0. The number of hydrogen-bond donors (Lipinski definition) is 2. The number of halogens is 1. The Morgan fingerprint density at radius 2 is 1.73 bits per heavy atom. The minimum absolute atomic E-state index is 0.270. The predicted molar refractivity (Wildman–Crippen MR) is 108 cm³/mol. The molecule has 3 rings (SSSR count). The number of nitrogens with one attached hydrogen (secondary N) is 2. The van der Waals surface area contributed by atoms with Crippen LogP contribution in [0.4, 0.5) is 9.18 Å². The van der Waals surface area contributed by atoms with Gasteiger partial charge in [0.1, 0.15) is 17.9 Å². The van der Waals surface area contributed by atoms with Crippen molar-refractivity contribution < 1.29 is 23.5 Å². The Kier molecular flexibility index (Phi) is 6.47. The lowest BCUT2D eigenvalue weighted by molar-refractivity contribution is -0.134. The van der Waals surface area contributed by atoms with Gasteiger partial charge in [0.15, 0.2) is 0 Å². The van der Waals surface area contributed by atoms with Gasteiger partial charge in [0.2, 0.25) is 5.91 Å². The van der Waals surface area contributed by atoms with Gasteiger partial charge < -0.3 is 15.4 Å². The molecule has 1 unspecified atom stereocenters. The summed E-state index contributed by atoms with van der Waals surface area (Å²) >= 11 is 0. The third-order valence-electron chi connectivity index (χ3n) is 4.98. The summed E-state index contributed by atoms with van der Waals surface area (Å²) in [4.78, 5) is 38.3. The van der Waals surface area contributed by atoms with E-state index in [9.17, 15) is 18.8 Å². The minimum Gasteiger partial charge on any atom is -0.377 e. The van der Waals surface area contributed by atoms with Crippen LogP contribution < -0.4 is 10.6 Å². The largest absolute Gasteiger partial charge is 0.377 e. The zero-order valence-corrected chi connectivity index (χ0v) is 16.9. The Balaban J connectivity index is 1.58. The quantitative estimate of drug-likeness (QED) is 0.651. The van der Waals surface area contributed by atoms with Crippen molar-refractivity contribution in [3.05, 3.63) is 71.0 Å². The first kappa shape index (κ1) is 21.4. The highest BCUT2D eigenvalue weighted by Crippen LogP contribution is 2.28. The molecule has 2 aromatic rings. The van der Waals surface area contributed by atoms with Crippen LogP contribution in [-0.2, 0) is 33.0 Å². The summed E-state index contributed by atoms with van der Waals surface area (Å²) in [5.41, 5.74) is 1.02. The number of amides is 4. The first-order chi connectivity index (χ1) is 14.3. The highest BCUT2D eigenvalue weighted by molar-refractivity contribution is 6.09. The molecule has 158 valence electrons. The van der Waals surface area contributed by atoms with Crippen LogP contribution in [0.1, 0.15) is 30.5 Å². The summed E-state index contributed by atoms with van der Waals surface area (Å²) in [6.45, 7) is 4.50. The van der Waals surface area contributed by atoms with Gasteiger partial charge in [0.25, 0.3) is 5.91 Å². The van der Waals surface area contributed by atoms with Crippen molar-refractivity contribution in [1.82, 2.24) is 15.5 Å². The molecule has 7 nitrogen and oxygen atoms in total. The van der Waals surface area contributed by atoms with Crippen LogP contribution in [0.15, 0.2) is 48.5 Å². The fraction of sp³-hybridized carbons (Fsp3) is 0.318. The molecule has 0 bridgehead atoms. The Morgan fingerprint density at radius 1 is 1.10 bits per heavy atom. The standard InChI is InChI=1S/C22H24FN3O4/c1-3-30-14-16-6-4-15(5-7-16)12-24-19(27)13-26-20(28)22(2,25-21(26)29)17-8-10-18(23)11-9-17/h4-11H,3,12-14H2,1-2H3,(H,24,27)(H,25,29). The highest BCUT2D eigenvalue weighted by atomic mass is 19.1. The normalized spacial score (nSPS) is 18.4. The molecule has 4 amide bonds. The number of nitrogens with zero attached hydrogens (tertiary/aromatic N) is 1. The van der Waals surface area contributed by atoms with Crippen molar-refractivity contribution in [3.8, 4) is 0 Å². The molecule has 0 saturated carbocycles. The van der Waals surface area contributed by atoms with Crippen molar-refractivity contribution in [2.45, 2.75) is 32.5 Å². The van der Waals surface area contributed by atoms with Gasteiger partial charge in [-0.05, 0) is 42.7 Å². The summed E-state index contributed by atoms with van der Waals surface area (Å²) in [5, 5.41) is 5.30. The van der Waals surface area contributed by atoms with E-state index in [1.807, 2.05) is 31.2 Å². The Bertz CT molecular complexity index is 930. The van der Waals surface area contributed by atoms with Gasteiger partial charge in [-0.2, -0.15) is 0 Å². The number of ether oxygens (including phenoxy) is 1. The number of urea groups is 1. The summed E-state index contributed by atoms with van der Waals surface area (Å²) in [6, 6.07) is 12.2. The van der Waals surface area contributed by atoms with Crippen LogP contribution in [0.5, 0.6) is 0 Å². The van der Waals surface area contributed by atoms with Crippen molar-refractivity contribution in [3.63, 3.8) is 0 Å². The van der Waals surface area contributed by atoms with E-state index >= 15 is 0 Å². The Hall–Kier alpha value is -3.26. The van der Waals surface area contributed by atoms with Crippen molar-refractivity contribution >= 4 is 17.8 Å². The zero-order valence-electron chi connectivity index (χ0n) is 16.9. The van der Waals surface area contributed by atoms with Crippen LogP contribution in [0.25, 0.3) is 0 Å². The average Bonchev–Trinajstić information content (AvgIpc) is 2.95. The van der Waals surface area contributed by atoms with Crippen LogP contribution in [-0.4, -0.2) is 35.9 Å². The van der Waals surface area contributed by atoms with E-state index < -0.39 is 35.7 Å². The summed E-state index contributed by atoms with van der Waals surface area (Å²) in [6.07, 6.45) is 0. The van der Waals surface area contributed by atoms with E-state index in [2.05, 4.69) is 10.6 Å². The number of benzene rings is 2. The first-order valence-corrected chi connectivity index (χ1v) is 9.66. The fourth-order valence-electron chi connectivity index (χ4n) is 3.19. The molecule has 1 aliphatic heterocycles. The van der Waals surface area contributed by atoms with E-state index in [-0.39, 0.29) is 6.54 Å². The van der Waals surface area contributed by atoms with E-state index in [0.717, 1.165) is 16.0 Å². The Labute approximate surface area is 174 Å². The molecule has 1 fully saturated rings. The average molecular weight is 413 g/mol. The molecular weight excluding hydrogens is 389 g/mol. The lowest BCUT2D eigenvalue weighted by atomic mass is 9.92. The molecule has 30 heavy (non-hydrogen) atoms. The number of carbonyl (C=O) groups excluding carboxylic acids is 3. The fourth-order valence-corrected chi connectivity index (χ4v) is 3.19. The maximum Gasteiger partial charge on any atom is 0.325 e. The molecular formula is C22H24FN3O4. The molecule has 1 atom stereocenters. The molecule has 2 aromatic carbocycles. The van der Waals surface area contributed by atoms with Crippen molar-refractivity contribution in [2.75, 3.05) is 13.2 Å². The summed E-state index contributed by atoms with van der Waals surface area (Å²) in [5.74, 6) is -1.46. The highest BCUT2D eigenvalue weighted by Gasteiger charge is 2.49. The number of rotatable bonds is 8. The maximum atomic E-state index is 13.2. The second-order valence-electron chi connectivity index (χ2n) is 7.18. The van der Waals surface area contributed by atoms with Gasteiger partial charge in [0.05, 0.1) is 6.61 Å². The zero-order chi connectivity index (χ0) is 21.7. The van der Waals surface area contributed by atoms with E-state index in [0.29, 0.717) is 18.8 Å². The SMILES string of the molecule is CCOCc1ccc(CNC(=O)CN2C(=O)NC(C)(c3ccc(F)cc3)C2=O)cc1. The second-order valence-corrected chi connectivity index (χ2v) is 7.18. The lowest BCUT2D eigenvalue weighted by Crippen LogP contribution is -2.43. The first-order valence-electron chi connectivity index (χ1n) is 9.66. The van der Waals surface area contributed by atoms with Gasteiger partial charge >= 0.3 is 6.03 Å². The molecule has 2 N–H and O–H groups in total. The predicted octanol–water partition coefficient (Wildman–Crippen LogP) is 2.45. The molecule has 0 aromatic heterocycles. The molecule has 0 radical (unpaired) electrons. The van der Waals surface area contributed by atoms with Crippen LogP contribution >= 0.6 is 0 Å². The van der Waals surface area contributed by atoms with Crippen LogP contribution in [0.2, 0.25) is 0 Å². The minimum atomic E-state index is -1.35. The smallest absolute Gasteiger partial charge is 0.325 e. The Morgan fingerprint density at radius 3 is 2.37 bits per heavy atom. The van der Waals surface area contributed by atoms with Crippen LogP contribution in [0, 0.1) is 5.82 Å². The monoisotopic (exact) mass is 413 g/mol. The maximum absolute atomic E-state index is 13.2. The lowest BCUT2D eigenvalue weighted by Gasteiger charge is -2.22. The van der Waals surface area contributed by atoms with Gasteiger partial charge in [-0.1, -0.05) is 36.4 Å². The number of hydrogen-bond acceptors (Lipinski definition) is 4. The van der Waals surface area contributed by atoms with Gasteiger partial charge in [-0.25, -0.2) is 9.18 Å². The molecule has 1 heterocycles. The van der Waals surface area contributed by atoms with Gasteiger partial charge in [0, 0.05) is 13.2 Å². The van der Waals surface area contributed by atoms with Gasteiger partial charge in [-0.3, -0.25) is 14.5 Å². The van der Waals surface area contributed by atoms with E-state index in [1.165, 1.54) is 31.2 Å². The van der Waals surface area contributed by atoms with Crippen molar-refractivity contribution in [2.24, 2.45) is 0 Å². The topological polar surface area (TPSA) is 87.7 Å². The third-order valence-corrected chi connectivity index (χ3v) is 4.98. The third kappa shape index (κ3) is 4.65. The molecule has 0 spiro atoms.